The van der Waals surface area contributed by atoms with Crippen LogP contribution in [0.4, 0.5) is 0 Å². The average molecular weight is 1110 g/mol. The first-order valence-electron chi connectivity index (χ1n) is 32.9. The minimum Gasteiger partial charge on any atom is -0.394 e. The summed E-state index contributed by atoms with van der Waals surface area (Å²) >= 11 is 0. The van der Waals surface area contributed by atoms with Crippen molar-refractivity contribution in [1.82, 2.24) is 5.32 Å². The van der Waals surface area contributed by atoms with Crippen LogP contribution in [0.25, 0.3) is 0 Å². The summed E-state index contributed by atoms with van der Waals surface area (Å²) in [6, 6.07) is -0.824. The lowest BCUT2D eigenvalue weighted by Crippen LogP contribution is -2.65. The third-order valence-corrected chi connectivity index (χ3v) is 16.5. The molecule has 2 aliphatic rings. The minimum absolute atomic E-state index is 0.201. The zero-order valence-corrected chi connectivity index (χ0v) is 49.9. The van der Waals surface area contributed by atoms with Crippen LogP contribution in [0.1, 0.15) is 296 Å². The maximum Gasteiger partial charge on any atom is 0.220 e. The van der Waals surface area contributed by atoms with E-state index in [-0.39, 0.29) is 12.5 Å². The van der Waals surface area contributed by atoms with Gasteiger partial charge in [-0.2, -0.15) is 0 Å². The highest BCUT2D eigenvalue weighted by Crippen LogP contribution is 2.30. The van der Waals surface area contributed by atoms with Crippen molar-refractivity contribution in [3.63, 3.8) is 0 Å². The number of ether oxygens (including phenoxy) is 4. The molecule has 0 aromatic rings. The normalized spacial score (nSPS) is 24.5. The molecular formula is C64H123NO13. The van der Waals surface area contributed by atoms with Crippen LogP contribution in [0.15, 0.2) is 12.2 Å². The van der Waals surface area contributed by atoms with Crippen molar-refractivity contribution in [1.29, 1.82) is 0 Å². The molecule has 2 aliphatic heterocycles. The number of carbonyl (C=O) groups excluding carboxylic acids is 1. The Kier molecular flexibility index (Phi) is 46.9. The van der Waals surface area contributed by atoms with Gasteiger partial charge in [-0.25, -0.2) is 0 Å². The number of aliphatic hydroxyl groups is 8. The first-order chi connectivity index (χ1) is 38.1. The van der Waals surface area contributed by atoms with E-state index >= 15 is 0 Å². The first kappa shape index (κ1) is 72.8. The Balaban J connectivity index is 1.62. The molecule has 2 rings (SSSR count). The fraction of sp³-hybridized carbons (Fsp3) is 0.953. The Labute approximate surface area is 476 Å². The molecule has 0 spiro atoms. The average Bonchev–Trinajstić information content (AvgIpc) is 3.47. The van der Waals surface area contributed by atoms with Gasteiger partial charge >= 0.3 is 0 Å². The minimum atomic E-state index is -1.78. The molecule has 14 nitrogen and oxygen atoms in total. The summed E-state index contributed by atoms with van der Waals surface area (Å²) in [7, 11) is 0. The van der Waals surface area contributed by atoms with Gasteiger partial charge in [-0.05, 0) is 38.5 Å². The quantitative estimate of drug-likeness (QED) is 0.0204. The molecule has 2 fully saturated rings. The van der Waals surface area contributed by atoms with Crippen molar-refractivity contribution in [3.05, 3.63) is 12.2 Å². The monoisotopic (exact) mass is 1110 g/mol. The molecule has 12 atom stereocenters. The number of allylic oxidation sites excluding steroid dienone is 2. The smallest absolute Gasteiger partial charge is 0.220 e. The molecule has 78 heavy (non-hydrogen) atoms. The van der Waals surface area contributed by atoms with Crippen LogP contribution in [-0.2, 0) is 23.7 Å². The summed E-state index contributed by atoms with van der Waals surface area (Å²) in [4.78, 5) is 13.3. The summed E-state index contributed by atoms with van der Waals surface area (Å²) in [6.45, 7) is 2.89. The number of aliphatic hydroxyl groups excluding tert-OH is 8. The van der Waals surface area contributed by atoms with Gasteiger partial charge in [-0.1, -0.05) is 264 Å². The highest BCUT2D eigenvalue weighted by atomic mass is 16.7. The van der Waals surface area contributed by atoms with Crippen LogP contribution in [-0.4, -0.2) is 140 Å². The molecule has 2 saturated heterocycles. The molecule has 0 radical (unpaired) electrons. The van der Waals surface area contributed by atoms with E-state index in [1.807, 2.05) is 0 Å². The molecule has 0 bridgehead atoms. The second-order valence-electron chi connectivity index (χ2n) is 23.6. The number of rotatable bonds is 54. The molecular weight excluding hydrogens is 991 g/mol. The number of hydrogen-bond donors (Lipinski definition) is 9. The van der Waals surface area contributed by atoms with Gasteiger partial charge in [0.05, 0.1) is 32.0 Å². The number of carbonyl (C=O) groups is 1. The third-order valence-electron chi connectivity index (χ3n) is 16.5. The van der Waals surface area contributed by atoms with Crippen LogP contribution >= 0.6 is 0 Å². The van der Waals surface area contributed by atoms with Crippen molar-refractivity contribution < 1.29 is 64.6 Å². The molecule has 0 aromatic carbocycles. The van der Waals surface area contributed by atoms with Gasteiger partial charge in [0.1, 0.15) is 48.8 Å². The summed E-state index contributed by atoms with van der Waals surface area (Å²) in [5.41, 5.74) is 0. The lowest BCUT2D eigenvalue weighted by Gasteiger charge is -2.46. The molecule has 0 aliphatic carbocycles. The van der Waals surface area contributed by atoms with Crippen molar-refractivity contribution in [3.8, 4) is 0 Å². The Bertz CT molecular complexity index is 1360. The number of hydrogen-bond acceptors (Lipinski definition) is 13. The second kappa shape index (κ2) is 50.3. The highest BCUT2D eigenvalue weighted by molar-refractivity contribution is 5.76. The first-order valence-corrected chi connectivity index (χ1v) is 32.9. The van der Waals surface area contributed by atoms with E-state index in [1.165, 1.54) is 218 Å². The topological polar surface area (TPSA) is 228 Å². The van der Waals surface area contributed by atoms with Gasteiger partial charge in [-0.15, -0.1) is 0 Å². The largest absolute Gasteiger partial charge is 0.394 e. The number of unbranched alkanes of at least 4 members (excludes halogenated alkanes) is 39. The van der Waals surface area contributed by atoms with Crippen LogP contribution in [0.3, 0.4) is 0 Å². The molecule has 0 saturated carbocycles. The Morgan fingerprint density at radius 1 is 0.449 bits per heavy atom. The summed E-state index contributed by atoms with van der Waals surface area (Å²) < 4.78 is 22.8. The van der Waals surface area contributed by atoms with Crippen LogP contribution in [0, 0.1) is 0 Å². The van der Waals surface area contributed by atoms with E-state index in [0.717, 1.165) is 51.4 Å². The zero-order chi connectivity index (χ0) is 56.7. The van der Waals surface area contributed by atoms with Crippen molar-refractivity contribution in [2.45, 2.75) is 370 Å². The van der Waals surface area contributed by atoms with Crippen molar-refractivity contribution >= 4 is 5.91 Å². The SMILES string of the molecule is CCCCCCCCCC/C=C\CCCCCCCCCCCCCCCCCCCCCC(=O)NC(COC1OC(CO)C(OC2OC(CO)C(O)C(O)C2O)C(O)C1O)C(O)CCCCCCCCCCCCCCC. The fourth-order valence-corrected chi connectivity index (χ4v) is 11.2. The van der Waals surface area contributed by atoms with Gasteiger partial charge in [0.15, 0.2) is 12.6 Å². The predicted octanol–water partition coefficient (Wildman–Crippen LogP) is 12.2. The molecule has 2 heterocycles. The van der Waals surface area contributed by atoms with Gasteiger partial charge in [0.2, 0.25) is 5.91 Å². The molecule has 1 amide bonds. The standard InChI is InChI=1S/C64H123NO13/c1-3-5-7-9-11-13-15-17-18-19-20-21-22-23-24-25-26-27-28-29-30-31-32-33-34-36-38-40-42-44-46-48-56(69)65-52(53(68)47-45-43-41-39-37-35-16-14-12-10-8-6-4-2)51-75-63-61(74)59(72)62(55(50-67)77-63)78-64-60(73)58(71)57(70)54(49-66)76-64/h19-20,52-55,57-64,66-68,70-74H,3-18,21-51H2,1-2H3,(H,65,69)/b20-19-. The molecule has 0 aromatic heterocycles. The van der Waals surface area contributed by atoms with Gasteiger partial charge < -0.3 is 65.1 Å². The van der Waals surface area contributed by atoms with E-state index < -0.39 is 86.8 Å². The van der Waals surface area contributed by atoms with E-state index in [4.69, 9.17) is 18.9 Å². The lowest BCUT2D eigenvalue weighted by molar-refractivity contribution is -0.359. The second-order valence-corrected chi connectivity index (χ2v) is 23.6. The lowest BCUT2D eigenvalue weighted by atomic mass is 9.97. The maximum absolute atomic E-state index is 13.3. The van der Waals surface area contributed by atoms with Crippen molar-refractivity contribution in [2.75, 3.05) is 19.8 Å². The molecule has 14 heteroatoms. The maximum atomic E-state index is 13.3. The number of nitrogens with one attached hydrogen (secondary N) is 1. The van der Waals surface area contributed by atoms with Crippen molar-refractivity contribution in [2.24, 2.45) is 0 Å². The summed E-state index contributed by atoms with van der Waals surface area (Å²) in [6.07, 6.45) is 42.4. The van der Waals surface area contributed by atoms with Gasteiger partial charge in [-0.3, -0.25) is 4.79 Å². The van der Waals surface area contributed by atoms with Crippen LogP contribution < -0.4 is 5.32 Å². The third kappa shape index (κ3) is 35.0. The van der Waals surface area contributed by atoms with Gasteiger partial charge in [0, 0.05) is 6.42 Å². The summed E-state index contributed by atoms with van der Waals surface area (Å²) in [5, 5.41) is 87.3. The molecule has 9 N–H and O–H groups in total. The summed E-state index contributed by atoms with van der Waals surface area (Å²) in [5.74, 6) is -0.201. The van der Waals surface area contributed by atoms with Crippen LogP contribution in [0.2, 0.25) is 0 Å². The fourth-order valence-electron chi connectivity index (χ4n) is 11.2. The van der Waals surface area contributed by atoms with E-state index in [1.54, 1.807) is 0 Å². The Morgan fingerprint density at radius 3 is 1.22 bits per heavy atom. The van der Waals surface area contributed by atoms with Crippen LogP contribution in [0.5, 0.6) is 0 Å². The Hall–Kier alpha value is -1.27. The Morgan fingerprint density at radius 2 is 0.808 bits per heavy atom. The molecule has 462 valence electrons. The van der Waals surface area contributed by atoms with E-state index in [0.29, 0.717) is 12.8 Å². The predicted molar refractivity (Wildman–Crippen MR) is 314 cm³/mol. The van der Waals surface area contributed by atoms with E-state index in [2.05, 4.69) is 31.3 Å². The van der Waals surface area contributed by atoms with Gasteiger partial charge in [0.25, 0.3) is 0 Å². The molecule has 12 unspecified atom stereocenters. The number of amides is 1. The van der Waals surface area contributed by atoms with E-state index in [9.17, 15) is 45.6 Å². The highest BCUT2D eigenvalue weighted by Gasteiger charge is 2.51. The zero-order valence-electron chi connectivity index (χ0n) is 49.9.